The van der Waals surface area contributed by atoms with Crippen LogP contribution >= 0.6 is 0 Å². The maximum absolute atomic E-state index is 10.7. The first-order valence-corrected chi connectivity index (χ1v) is 13.7. The molecule has 0 heterocycles. The van der Waals surface area contributed by atoms with Crippen molar-refractivity contribution < 1.29 is 19.0 Å². The third-order valence-corrected chi connectivity index (χ3v) is 6.90. The molecule has 3 aromatic rings. The standard InChI is InChI=1S/C12H16O2.2C11H16O/c1-4-9(2)11-5-7-12(8-6-11)14-10(3)13;1-4-9(2)10-5-7-11(12-3)8-6-10;1-4-9(2)10-6-5-7-11(8-10)12-3/h5-9H,4H2,1-3H3;2*5-9H,4H2,1-3H3. The van der Waals surface area contributed by atoms with Crippen LogP contribution in [0.4, 0.5) is 0 Å². The van der Waals surface area contributed by atoms with E-state index < -0.39 is 0 Å². The molecule has 0 saturated carbocycles. The minimum Gasteiger partial charge on any atom is -0.497 e. The van der Waals surface area contributed by atoms with Crippen LogP contribution in [-0.2, 0) is 4.79 Å². The first kappa shape index (κ1) is 32.8. The highest BCUT2D eigenvalue weighted by atomic mass is 16.5. The minimum absolute atomic E-state index is 0.277. The van der Waals surface area contributed by atoms with Gasteiger partial charge in [0.05, 0.1) is 14.2 Å². The van der Waals surface area contributed by atoms with Crippen molar-refractivity contribution in [1.29, 1.82) is 0 Å². The van der Waals surface area contributed by atoms with Crippen molar-refractivity contribution in [2.75, 3.05) is 14.2 Å². The van der Waals surface area contributed by atoms with E-state index in [-0.39, 0.29) is 5.97 Å². The Morgan fingerprint density at radius 2 is 1.03 bits per heavy atom. The molecule has 208 valence electrons. The average molecular weight is 521 g/mol. The van der Waals surface area contributed by atoms with Crippen molar-refractivity contribution in [2.24, 2.45) is 0 Å². The first-order chi connectivity index (χ1) is 18.2. The molecule has 0 amide bonds. The molecule has 38 heavy (non-hydrogen) atoms. The van der Waals surface area contributed by atoms with Gasteiger partial charge in [-0.25, -0.2) is 0 Å². The Balaban J connectivity index is 0.000000286. The Hall–Kier alpha value is -3.27. The van der Waals surface area contributed by atoms with E-state index in [4.69, 9.17) is 14.2 Å². The summed E-state index contributed by atoms with van der Waals surface area (Å²) in [6.07, 6.45) is 3.48. The first-order valence-electron chi connectivity index (χ1n) is 13.7. The van der Waals surface area contributed by atoms with E-state index in [1.807, 2.05) is 48.5 Å². The lowest BCUT2D eigenvalue weighted by molar-refractivity contribution is -0.131. The Morgan fingerprint density at radius 1 is 0.605 bits per heavy atom. The van der Waals surface area contributed by atoms with Gasteiger partial charge in [0.2, 0.25) is 0 Å². The van der Waals surface area contributed by atoms with Crippen molar-refractivity contribution >= 4 is 5.97 Å². The van der Waals surface area contributed by atoms with Crippen LogP contribution in [0.25, 0.3) is 0 Å². The maximum Gasteiger partial charge on any atom is 0.308 e. The summed E-state index contributed by atoms with van der Waals surface area (Å²) < 4.78 is 15.2. The van der Waals surface area contributed by atoms with E-state index in [1.54, 1.807) is 14.2 Å². The average Bonchev–Trinajstić information content (AvgIpc) is 2.96. The number of rotatable bonds is 9. The molecule has 0 N–H and O–H groups in total. The van der Waals surface area contributed by atoms with Gasteiger partial charge in [0.1, 0.15) is 17.2 Å². The van der Waals surface area contributed by atoms with Gasteiger partial charge < -0.3 is 14.2 Å². The van der Waals surface area contributed by atoms with Crippen molar-refractivity contribution in [1.82, 2.24) is 0 Å². The molecule has 0 aromatic heterocycles. The molecule has 3 unspecified atom stereocenters. The van der Waals surface area contributed by atoms with Crippen LogP contribution in [0.1, 0.15) is 102 Å². The van der Waals surface area contributed by atoms with E-state index in [1.165, 1.54) is 36.5 Å². The summed E-state index contributed by atoms with van der Waals surface area (Å²) in [7, 11) is 3.40. The fourth-order valence-corrected chi connectivity index (χ4v) is 3.62. The predicted molar refractivity (Wildman–Crippen MR) is 160 cm³/mol. The summed E-state index contributed by atoms with van der Waals surface area (Å²) in [5.41, 5.74) is 4.03. The highest BCUT2D eigenvalue weighted by molar-refractivity contribution is 5.69. The molecular weight excluding hydrogens is 472 g/mol. The molecule has 3 aromatic carbocycles. The van der Waals surface area contributed by atoms with E-state index in [2.05, 4.69) is 65.8 Å². The Morgan fingerprint density at radius 3 is 1.42 bits per heavy atom. The molecule has 0 fully saturated rings. The fraction of sp³-hybridized carbons (Fsp3) is 0.441. The van der Waals surface area contributed by atoms with Crippen LogP contribution in [0.3, 0.4) is 0 Å². The molecule has 0 bridgehead atoms. The second-order valence-corrected chi connectivity index (χ2v) is 9.64. The Kier molecular flexibility index (Phi) is 15.6. The monoisotopic (exact) mass is 520 g/mol. The zero-order valence-corrected chi connectivity index (χ0v) is 24.9. The molecule has 0 saturated heterocycles. The van der Waals surface area contributed by atoms with Crippen molar-refractivity contribution in [3.05, 3.63) is 89.5 Å². The lowest BCUT2D eigenvalue weighted by Gasteiger charge is -2.09. The number of methoxy groups -OCH3 is 2. The molecule has 4 nitrogen and oxygen atoms in total. The summed E-state index contributed by atoms with van der Waals surface area (Å²) >= 11 is 0. The number of benzene rings is 3. The van der Waals surface area contributed by atoms with Crippen molar-refractivity contribution in [3.8, 4) is 17.2 Å². The zero-order valence-electron chi connectivity index (χ0n) is 24.9. The van der Waals surface area contributed by atoms with Gasteiger partial charge in [-0.2, -0.15) is 0 Å². The fourth-order valence-electron chi connectivity index (χ4n) is 3.62. The van der Waals surface area contributed by atoms with Gasteiger partial charge in [-0.05, 0) is 90.1 Å². The molecule has 3 atom stereocenters. The number of carbonyl (C=O) groups excluding carboxylic acids is 1. The Bertz CT molecular complexity index is 1040. The largest absolute Gasteiger partial charge is 0.497 e. The second kappa shape index (κ2) is 18.1. The third-order valence-electron chi connectivity index (χ3n) is 6.90. The van der Waals surface area contributed by atoms with Crippen LogP contribution in [0.5, 0.6) is 17.2 Å². The van der Waals surface area contributed by atoms with Crippen LogP contribution in [0.15, 0.2) is 72.8 Å². The van der Waals surface area contributed by atoms with E-state index in [0.29, 0.717) is 23.5 Å². The van der Waals surface area contributed by atoms with Crippen LogP contribution in [0, 0.1) is 0 Å². The number of esters is 1. The summed E-state index contributed by atoms with van der Waals surface area (Å²) in [5.74, 6) is 4.05. The molecule has 0 aliphatic rings. The highest BCUT2D eigenvalue weighted by Crippen LogP contribution is 2.23. The van der Waals surface area contributed by atoms with Crippen molar-refractivity contribution in [2.45, 2.75) is 85.5 Å². The molecular formula is C34H48O4. The minimum atomic E-state index is -0.277. The normalized spacial score (nSPS) is 12.4. The second-order valence-electron chi connectivity index (χ2n) is 9.64. The molecule has 3 rings (SSSR count). The SMILES string of the molecule is CCC(C)c1ccc(OC(C)=O)cc1.CCC(C)c1ccc(OC)cc1.CCC(C)c1cccc(OC)c1. The van der Waals surface area contributed by atoms with Gasteiger partial charge in [-0.15, -0.1) is 0 Å². The molecule has 0 spiro atoms. The lowest BCUT2D eigenvalue weighted by Crippen LogP contribution is -2.01. The number of hydrogen-bond acceptors (Lipinski definition) is 4. The van der Waals surface area contributed by atoms with Gasteiger partial charge >= 0.3 is 5.97 Å². The van der Waals surface area contributed by atoms with Gasteiger partial charge in [-0.1, -0.05) is 77.9 Å². The molecule has 0 radical (unpaired) electrons. The predicted octanol–water partition coefficient (Wildman–Crippen LogP) is 9.54. The summed E-state index contributed by atoms with van der Waals surface area (Å²) in [5, 5.41) is 0. The smallest absolute Gasteiger partial charge is 0.308 e. The van der Waals surface area contributed by atoms with Crippen LogP contribution < -0.4 is 14.2 Å². The van der Waals surface area contributed by atoms with Gasteiger partial charge in [0.15, 0.2) is 0 Å². The summed E-state index contributed by atoms with van der Waals surface area (Å²) in [6, 6.07) is 24.3. The van der Waals surface area contributed by atoms with E-state index in [9.17, 15) is 4.79 Å². The highest BCUT2D eigenvalue weighted by Gasteiger charge is 2.04. The topological polar surface area (TPSA) is 44.8 Å². The number of carbonyl (C=O) groups is 1. The Labute approximate surface area is 231 Å². The molecule has 4 heteroatoms. The number of hydrogen-bond donors (Lipinski definition) is 0. The van der Waals surface area contributed by atoms with Crippen molar-refractivity contribution in [3.63, 3.8) is 0 Å². The summed E-state index contributed by atoms with van der Waals surface area (Å²) in [6.45, 7) is 14.6. The maximum atomic E-state index is 10.7. The third kappa shape index (κ3) is 11.9. The zero-order chi connectivity index (χ0) is 28.5. The van der Waals surface area contributed by atoms with Crippen LogP contribution in [-0.4, -0.2) is 20.2 Å². The quantitative estimate of drug-likeness (QED) is 0.208. The molecule has 0 aliphatic heterocycles. The summed E-state index contributed by atoms with van der Waals surface area (Å²) in [4.78, 5) is 10.7. The van der Waals surface area contributed by atoms with Crippen LogP contribution in [0.2, 0.25) is 0 Å². The van der Waals surface area contributed by atoms with E-state index in [0.717, 1.165) is 17.9 Å². The number of ether oxygens (including phenoxy) is 3. The lowest BCUT2D eigenvalue weighted by atomic mass is 9.99. The van der Waals surface area contributed by atoms with Gasteiger partial charge in [0.25, 0.3) is 0 Å². The van der Waals surface area contributed by atoms with Gasteiger partial charge in [0, 0.05) is 6.92 Å². The molecule has 0 aliphatic carbocycles. The van der Waals surface area contributed by atoms with E-state index >= 15 is 0 Å². The van der Waals surface area contributed by atoms with Gasteiger partial charge in [-0.3, -0.25) is 4.79 Å².